The summed E-state index contributed by atoms with van der Waals surface area (Å²) in [6.45, 7) is 3.05. The maximum atomic E-state index is 11.8. The zero-order valence-electron chi connectivity index (χ0n) is 10.6. The third kappa shape index (κ3) is 1.81. The van der Waals surface area contributed by atoms with Crippen molar-refractivity contribution < 1.29 is 24.2 Å². The third-order valence-corrected chi connectivity index (χ3v) is 3.04. The fourth-order valence-electron chi connectivity index (χ4n) is 1.92. The van der Waals surface area contributed by atoms with Crippen LogP contribution in [0.5, 0.6) is 11.5 Å². The third-order valence-electron chi connectivity index (χ3n) is 3.04. The number of hydrogen-bond acceptors (Lipinski definition) is 6. The van der Waals surface area contributed by atoms with Crippen LogP contribution in [0.3, 0.4) is 0 Å². The number of benzene rings is 1. The van der Waals surface area contributed by atoms with Gasteiger partial charge in [0.15, 0.2) is 0 Å². The van der Waals surface area contributed by atoms with E-state index in [4.69, 9.17) is 4.42 Å². The lowest BCUT2D eigenvalue weighted by atomic mass is 10.0. The lowest BCUT2D eigenvalue weighted by Gasteiger charge is -2.10. The number of aromatic hydroxyl groups is 2. The molecule has 0 radical (unpaired) electrons. The highest BCUT2D eigenvalue weighted by molar-refractivity contribution is 5.97. The van der Waals surface area contributed by atoms with Gasteiger partial charge in [0.25, 0.3) is 0 Å². The van der Waals surface area contributed by atoms with Gasteiger partial charge in [-0.3, -0.25) is 0 Å². The zero-order chi connectivity index (χ0) is 14.3. The Morgan fingerprint density at radius 1 is 1.21 bits per heavy atom. The molecule has 0 spiro atoms. The van der Waals surface area contributed by atoms with Crippen LogP contribution in [0.1, 0.15) is 21.7 Å². The molecule has 0 bridgehead atoms. The second kappa shape index (κ2) is 4.31. The van der Waals surface area contributed by atoms with Gasteiger partial charge < -0.3 is 19.4 Å². The van der Waals surface area contributed by atoms with E-state index in [-0.39, 0.29) is 33.6 Å². The van der Waals surface area contributed by atoms with E-state index in [2.05, 4.69) is 4.74 Å². The minimum Gasteiger partial charge on any atom is -0.507 e. The van der Waals surface area contributed by atoms with Gasteiger partial charge in [-0.25, -0.2) is 9.59 Å². The topological polar surface area (TPSA) is 97.0 Å². The molecule has 0 saturated carbocycles. The zero-order valence-corrected chi connectivity index (χ0v) is 10.6. The van der Waals surface area contributed by atoms with Crippen molar-refractivity contribution in [1.29, 1.82) is 0 Å². The first-order valence-electron chi connectivity index (χ1n) is 5.45. The molecule has 0 fully saturated rings. The highest BCUT2D eigenvalue weighted by Crippen LogP contribution is 2.37. The molecule has 100 valence electrons. The molecule has 0 aliphatic heterocycles. The van der Waals surface area contributed by atoms with Crippen LogP contribution in [0.2, 0.25) is 0 Å². The molecule has 0 amide bonds. The van der Waals surface area contributed by atoms with Gasteiger partial charge in [-0.1, -0.05) is 0 Å². The number of methoxy groups -OCH3 is 1. The summed E-state index contributed by atoms with van der Waals surface area (Å²) in [4.78, 5) is 23.2. The number of carbonyl (C=O) groups excluding carboxylic acids is 1. The van der Waals surface area contributed by atoms with Gasteiger partial charge in [0.05, 0.1) is 7.11 Å². The van der Waals surface area contributed by atoms with Gasteiger partial charge in [0.2, 0.25) is 5.76 Å². The van der Waals surface area contributed by atoms with E-state index >= 15 is 0 Å². The highest BCUT2D eigenvalue weighted by Gasteiger charge is 2.20. The summed E-state index contributed by atoms with van der Waals surface area (Å²) in [7, 11) is 1.16. The average molecular weight is 264 g/mol. The van der Waals surface area contributed by atoms with Crippen LogP contribution in [0.15, 0.2) is 15.3 Å². The molecule has 0 unspecified atom stereocenters. The second-order valence-corrected chi connectivity index (χ2v) is 4.13. The first kappa shape index (κ1) is 12.9. The van der Waals surface area contributed by atoms with Crippen molar-refractivity contribution in [2.75, 3.05) is 7.11 Å². The van der Waals surface area contributed by atoms with E-state index in [0.29, 0.717) is 5.56 Å². The summed E-state index contributed by atoms with van der Waals surface area (Å²) in [5.41, 5.74) is -0.298. The molecule has 19 heavy (non-hydrogen) atoms. The second-order valence-electron chi connectivity index (χ2n) is 4.13. The van der Waals surface area contributed by atoms with Gasteiger partial charge in [-0.2, -0.15) is 0 Å². The maximum Gasteiger partial charge on any atom is 0.374 e. The van der Waals surface area contributed by atoms with Crippen molar-refractivity contribution in [3.63, 3.8) is 0 Å². The Bertz CT molecular complexity index is 741. The van der Waals surface area contributed by atoms with Crippen LogP contribution in [-0.2, 0) is 4.74 Å². The molecular formula is C13H12O6. The molecule has 1 aromatic carbocycles. The van der Waals surface area contributed by atoms with Crippen molar-refractivity contribution in [1.82, 2.24) is 0 Å². The van der Waals surface area contributed by atoms with Crippen LogP contribution in [0.4, 0.5) is 0 Å². The summed E-state index contributed by atoms with van der Waals surface area (Å²) in [5.74, 6) is -1.58. The van der Waals surface area contributed by atoms with Gasteiger partial charge in [-0.15, -0.1) is 0 Å². The molecule has 2 aromatic rings. The lowest BCUT2D eigenvalue weighted by molar-refractivity contribution is 0.0560. The maximum absolute atomic E-state index is 11.8. The summed E-state index contributed by atoms with van der Waals surface area (Å²) in [5, 5.41) is 19.9. The summed E-state index contributed by atoms with van der Waals surface area (Å²) in [6.07, 6.45) is 0. The Labute approximate surface area is 107 Å². The number of aryl methyl sites for hydroxylation is 1. The SMILES string of the molecule is COC(=O)c1cc2c(C)c(O)c(C)c(O)c2c(=O)o1. The van der Waals surface area contributed by atoms with Gasteiger partial charge in [-0.05, 0) is 25.5 Å². The fourth-order valence-corrected chi connectivity index (χ4v) is 1.92. The van der Waals surface area contributed by atoms with E-state index in [1.807, 2.05) is 0 Å². The Balaban J connectivity index is 2.97. The molecular weight excluding hydrogens is 252 g/mol. The monoisotopic (exact) mass is 264 g/mol. The van der Waals surface area contributed by atoms with E-state index in [1.165, 1.54) is 13.0 Å². The predicted molar refractivity (Wildman–Crippen MR) is 66.6 cm³/mol. The number of phenolic OH excluding ortho intramolecular Hbond substituents is 2. The fraction of sp³-hybridized carbons (Fsp3) is 0.231. The van der Waals surface area contributed by atoms with E-state index in [9.17, 15) is 19.8 Å². The minimum absolute atomic E-state index is 0.0690. The van der Waals surface area contributed by atoms with Crippen LogP contribution in [-0.4, -0.2) is 23.3 Å². The number of esters is 1. The molecule has 2 rings (SSSR count). The molecule has 1 heterocycles. The largest absolute Gasteiger partial charge is 0.507 e. The van der Waals surface area contributed by atoms with Gasteiger partial charge in [0, 0.05) is 10.9 Å². The summed E-state index contributed by atoms with van der Waals surface area (Å²) >= 11 is 0. The molecule has 6 nitrogen and oxygen atoms in total. The van der Waals surface area contributed by atoms with E-state index in [1.54, 1.807) is 6.92 Å². The van der Waals surface area contributed by atoms with Crippen LogP contribution in [0.25, 0.3) is 10.8 Å². The van der Waals surface area contributed by atoms with Crippen molar-refractivity contribution in [2.45, 2.75) is 13.8 Å². The highest BCUT2D eigenvalue weighted by atomic mass is 16.5. The Kier molecular flexibility index (Phi) is 2.94. The van der Waals surface area contributed by atoms with Gasteiger partial charge >= 0.3 is 11.6 Å². The van der Waals surface area contributed by atoms with Crippen molar-refractivity contribution in [2.24, 2.45) is 0 Å². The Morgan fingerprint density at radius 2 is 1.84 bits per heavy atom. The number of hydrogen-bond donors (Lipinski definition) is 2. The van der Waals surface area contributed by atoms with Crippen LogP contribution in [0, 0.1) is 13.8 Å². The Morgan fingerprint density at radius 3 is 2.42 bits per heavy atom. The average Bonchev–Trinajstić information content (AvgIpc) is 2.40. The van der Waals surface area contributed by atoms with Crippen molar-refractivity contribution in [3.05, 3.63) is 33.4 Å². The molecule has 1 aromatic heterocycles. The van der Waals surface area contributed by atoms with E-state index < -0.39 is 11.6 Å². The number of fused-ring (bicyclic) bond motifs is 1. The molecule has 0 aliphatic carbocycles. The normalized spacial score (nSPS) is 10.7. The first-order valence-corrected chi connectivity index (χ1v) is 5.45. The van der Waals surface area contributed by atoms with Gasteiger partial charge in [0.1, 0.15) is 16.9 Å². The summed E-state index contributed by atoms with van der Waals surface area (Å²) in [6, 6.07) is 1.26. The Hall–Kier alpha value is -2.50. The minimum atomic E-state index is -0.860. The lowest BCUT2D eigenvalue weighted by Crippen LogP contribution is -2.09. The quantitative estimate of drug-likeness (QED) is 0.759. The van der Waals surface area contributed by atoms with Crippen LogP contribution < -0.4 is 5.63 Å². The molecule has 0 saturated heterocycles. The smallest absolute Gasteiger partial charge is 0.374 e. The number of rotatable bonds is 1. The molecule has 6 heteroatoms. The predicted octanol–water partition coefficient (Wildman–Crippen LogP) is 1.61. The molecule has 0 atom stereocenters. The van der Waals surface area contributed by atoms with Crippen molar-refractivity contribution >= 4 is 16.7 Å². The van der Waals surface area contributed by atoms with E-state index in [0.717, 1.165) is 7.11 Å². The number of ether oxygens (including phenoxy) is 1. The number of carbonyl (C=O) groups is 1. The molecule has 2 N–H and O–H groups in total. The van der Waals surface area contributed by atoms with Crippen LogP contribution >= 0.6 is 0 Å². The van der Waals surface area contributed by atoms with Crippen molar-refractivity contribution in [3.8, 4) is 11.5 Å². The first-order chi connectivity index (χ1) is 8.88. The number of phenols is 2. The standard InChI is InChI=1S/C13H12O6/c1-5-7-4-8(12(16)18-3)19-13(17)9(7)11(15)6(2)10(5)14/h4,14-15H,1-3H3. The summed E-state index contributed by atoms with van der Waals surface area (Å²) < 4.78 is 9.27. The molecule has 0 aliphatic rings.